The van der Waals surface area contributed by atoms with Gasteiger partial charge in [0.2, 0.25) is 0 Å². The topological polar surface area (TPSA) is 46.4 Å². The molecule has 3 rings (SSSR count). The molecular formula is C18H16N2O2. The largest absolute Gasteiger partial charge is 0.372 e. The van der Waals surface area contributed by atoms with Crippen LogP contribution in [0.25, 0.3) is 17.7 Å². The van der Waals surface area contributed by atoms with Crippen LogP contribution in [0.4, 0.5) is 11.4 Å². The molecule has 0 fully saturated rings. The summed E-state index contributed by atoms with van der Waals surface area (Å²) in [6.07, 6.45) is 6.08. The van der Waals surface area contributed by atoms with Gasteiger partial charge in [-0.05, 0) is 34.4 Å². The van der Waals surface area contributed by atoms with Gasteiger partial charge in [0.25, 0.3) is 5.69 Å². The van der Waals surface area contributed by atoms with Crippen LogP contribution >= 0.6 is 0 Å². The Balaban J connectivity index is 2.04. The Morgan fingerprint density at radius 3 is 2.59 bits per heavy atom. The standard InChI is InChI=1S/C18H16N2O2/c1-19(2)17-10-7-13(12-18(17)20(21)22)11-15-9-8-14-5-3-4-6-16(14)15/h3-12H,1-2H3/b15-11+. The monoisotopic (exact) mass is 292 g/mol. The molecule has 0 heterocycles. The highest BCUT2D eigenvalue weighted by atomic mass is 16.6. The molecule has 0 saturated carbocycles. The van der Waals surface area contributed by atoms with Crippen LogP contribution in [0, 0.1) is 10.1 Å². The van der Waals surface area contributed by atoms with E-state index in [1.165, 1.54) is 5.56 Å². The number of fused-ring (bicyclic) bond motifs is 1. The predicted octanol–water partition coefficient (Wildman–Crippen LogP) is 4.23. The van der Waals surface area contributed by atoms with Crippen LogP contribution in [-0.4, -0.2) is 19.0 Å². The number of nitro groups is 1. The van der Waals surface area contributed by atoms with E-state index in [-0.39, 0.29) is 10.6 Å². The van der Waals surface area contributed by atoms with Gasteiger partial charge in [0, 0.05) is 20.2 Å². The normalized spacial score (nSPS) is 14.2. The van der Waals surface area contributed by atoms with Crippen molar-refractivity contribution >= 4 is 29.1 Å². The minimum Gasteiger partial charge on any atom is -0.372 e. The van der Waals surface area contributed by atoms with Gasteiger partial charge in [0.1, 0.15) is 5.69 Å². The first-order valence-electron chi connectivity index (χ1n) is 7.01. The Hall–Kier alpha value is -2.88. The fourth-order valence-corrected chi connectivity index (χ4v) is 2.63. The zero-order chi connectivity index (χ0) is 15.7. The van der Waals surface area contributed by atoms with Gasteiger partial charge in [0.15, 0.2) is 0 Å². The predicted molar refractivity (Wildman–Crippen MR) is 90.8 cm³/mol. The number of benzene rings is 2. The van der Waals surface area contributed by atoms with E-state index in [1.807, 2.05) is 30.4 Å². The van der Waals surface area contributed by atoms with E-state index in [9.17, 15) is 10.1 Å². The second kappa shape index (κ2) is 5.48. The van der Waals surface area contributed by atoms with E-state index in [0.29, 0.717) is 5.69 Å². The van der Waals surface area contributed by atoms with Gasteiger partial charge in [0.05, 0.1) is 4.92 Å². The van der Waals surface area contributed by atoms with E-state index in [0.717, 1.165) is 16.7 Å². The molecule has 0 saturated heterocycles. The number of nitrogens with zero attached hydrogens (tertiary/aromatic N) is 2. The van der Waals surface area contributed by atoms with E-state index in [1.54, 1.807) is 31.1 Å². The van der Waals surface area contributed by atoms with Gasteiger partial charge in [-0.1, -0.05) is 42.5 Å². The zero-order valence-corrected chi connectivity index (χ0v) is 12.5. The summed E-state index contributed by atoms with van der Waals surface area (Å²) < 4.78 is 0. The van der Waals surface area contributed by atoms with Gasteiger partial charge < -0.3 is 4.90 Å². The van der Waals surface area contributed by atoms with E-state index in [2.05, 4.69) is 18.2 Å². The highest BCUT2D eigenvalue weighted by Gasteiger charge is 2.16. The summed E-state index contributed by atoms with van der Waals surface area (Å²) in [6.45, 7) is 0. The molecule has 0 N–H and O–H groups in total. The Morgan fingerprint density at radius 2 is 1.86 bits per heavy atom. The minimum absolute atomic E-state index is 0.120. The van der Waals surface area contributed by atoms with Crippen molar-refractivity contribution in [1.82, 2.24) is 0 Å². The second-order valence-corrected chi connectivity index (χ2v) is 5.42. The van der Waals surface area contributed by atoms with Crippen molar-refractivity contribution in [3.05, 3.63) is 75.3 Å². The minimum atomic E-state index is -0.338. The summed E-state index contributed by atoms with van der Waals surface area (Å²) in [4.78, 5) is 12.7. The molecule has 4 heteroatoms. The van der Waals surface area contributed by atoms with Gasteiger partial charge in [-0.3, -0.25) is 10.1 Å². The summed E-state index contributed by atoms with van der Waals surface area (Å²) in [7, 11) is 3.60. The first-order valence-corrected chi connectivity index (χ1v) is 7.01. The molecule has 1 aliphatic rings. The lowest BCUT2D eigenvalue weighted by molar-refractivity contribution is -0.384. The lowest BCUT2D eigenvalue weighted by Crippen LogP contribution is -2.10. The molecule has 0 aromatic heterocycles. The third-order valence-corrected chi connectivity index (χ3v) is 3.71. The van der Waals surface area contributed by atoms with Crippen molar-refractivity contribution < 1.29 is 4.92 Å². The fourth-order valence-electron chi connectivity index (χ4n) is 2.63. The maximum absolute atomic E-state index is 11.3. The van der Waals surface area contributed by atoms with E-state index < -0.39 is 0 Å². The number of nitro benzene ring substituents is 1. The lowest BCUT2D eigenvalue weighted by Gasteiger charge is -2.13. The maximum Gasteiger partial charge on any atom is 0.293 e. The average Bonchev–Trinajstić information content (AvgIpc) is 2.90. The van der Waals surface area contributed by atoms with Crippen LogP contribution < -0.4 is 4.90 Å². The first kappa shape index (κ1) is 14.1. The molecule has 0 amide bonds. The quantitative estimate of drug-likeness (QED) is 0.628. The van der Waals surface area contributed by atoms with Crippen LogP contribution in [0.2, 0.25) is 0 Å². The molecule has 0 atom stereocenters. The van der Waals surface area contributed by atoms with Crippen molar-refractivity contribution in [1.29, 1.82) is 0 Å². The molecule has 0 aliphatic heterocycles. The zero-order valence-electron chi connectivity index (χ0n) is 12.5. The molecule has 2 aromatic rings. The van der Waals surface area contributed by atoms with Gasteiger partial charge in [-0.15, -0.1) is 0 Å². The Bertz CT molecular complexity index is 804. The Morgan fingerprint density at radius 1 is 1.09 bits per heavy atom. The van der Waals surface area contributed by atoms with Crippen molar-refractivity contribution in [2.45, 2.75) is 0 Å². The average molecular weight is 292 g/mol. The summed E-state index contributed by atoms with van der Waals surface area (Å²) in [5, 5.41) is 11.3. The molecule has 110 valence electrons. The summed E-state index contributed by atoms with van der Waals surface area (Å²) in [5.74, 6) is 0. The fraction of sp³-hybridized carbons (Fsp3) is 0.111. The summed E-state index contributed by atoms with van der Waals surface area (Å²) >= 11 is 0. The molecule has 0 bridgehead atoms. The SMILES string of the molecule is CN(C)c1ccc(/C=C2\C=Cc3ccccc32)cc1[N+](=O)[O-]. The number of rotatable bonds is 3. The van der Waals surface area contributed by atoms with Gasteiger partial charge in [-0.25, -0.2) is 0 Å². The van der Waals surface area contributed by atoms with E-state index >= 15 is 0 Å². The molecule has 22 heavy (non-hydrogen) atoms. The van der Waals surface area contributed by atoms with Crippen molar-refractivity contribution in [2.24, 2.45) is 0 Å². The molecule has 0 radical (unpaired) electrons. The third-order valence-electron chi connectivity index (χ3n) is 3.71. The molecular weight excluding hydrogens is 276 g/mol. The van der Waals surface area contributed by atoms with Gasteiger partial charge >= 0.3 is 0 Å². The number of allylic oxidation sites excluding steroid dienone is 2. The van der Waals surface area contributed by atoms with Crippen LogP contribution in [0.15, 0.2) is 48.5 Å². The van der Waals surface area contributed by atoms with Crippen LogP contribution in [0.3, 0.4) is 0 Å². The van der Waals surface area contributed by atoms with E-state index in [4.69, 9.17) is 0 Å². The molecule has 0 unspecified atom stereocenters. The maximum atomic E-state index is 11.3. The number of hydrogen-bond acceptors (Lipinski definition) is 3. The van der Waals surface area contributed by atoms with Crippen LogP contribution in [0.5, 0.6) is 0 Å². The third kappa shape index (κ3) is 2.51. The first-order chi connectivity index (χ1) is 10.6. The van der Waals surface area contributed by atoms with Crippen molar-refractivity contribution in [2.75, 3.05) is 19.0 Å². The Labute approximate surface area is 129 Å². The summed E-state index contributed by atoms with van der Waals surface area (Å²) in [6, 6.07) is 13.4. The highest BCUT2D eigenvalue weighted by Crippen LogP contribution is 2.33. The van der Waals surface area contributed by atoms with Crippen LogP contribution in [-0.2, 0) is 0 Å². The highest BCUT2D eigenvalue weighted by molar-refractivity contribution is 5.97. The Kier molecular flexibility index (Phi) is 3.51. The molecule has 0 spiro atoms. The van der Waals surface area contributed by atoms with Crippen LogP contribution in [0.1, 0.15) is 16.7 Å². The second-order valence-electron chi connectivity index (χ2n) is 5.42. The van der Waals surface area contributed by atoms with Crippen molar-refractivity contribution in [3.8, 4) is 0 Å². The lowest BCUT2D eigenvalue weighted by atomic mass is 10.0. The molecule has 4 nitrogen and oxygen atoms in total. The van der Waals surface area contributed by atoms with Gasteiger partial charge in [-0.2, -0.15) is 0 Å². The smallest absolute Gasteiger partial charge is 0.293 e. The van der Waals surface area contributed by atoms with Crippen molar-refractivity contribution in [3.63, 3.8) is 0 Å². The summed E-state index contributed by atoms with van der Waals surface area (Å²) in [5.41, 5.74) is 4.95. The number of hydrogen-bond donors (Lipinski definition) is 0. The number of anilines is 1. The molecule has 2 aromatic carbocycles. The molecule has 1 aliphatic carbocycles.